The summed E-state index contributed by atoms with van der Waals surface area (Å²) in [4.78, 5) is 0. The van der Waals surface area contributed by atoms with Gasteiger partial charge in [0.2, 0.25) is 0 Å². The van der Waals surface area contributed by atoms with E-state index in [1.807, 2.05) is 43.3 Å². The van der Waals surface area contributed by atoms with Gasteiger partial charge in [0.1, 0.15) is 11.9 Å². The van der Waals surface area contributed by atoms with Gasteiger partial charge in [0.15, 0.2) is 0 Å². The topological polar surface area (TPSA) is 44.5 Å². The SMILES string of the molecule is COCCc1ccc(OC(C)c2cccc(N)c2)cc1. The quantitative estimate of drug-likeness (QED) is 0.816. The predicted molar refractivity (Wildman–Crippen MR) is 81.9 cm³/mol. The average Bonchev–Trinajstić information content (AvgIpc) is 2.46. The van der Waals surface area contributed by atoms with E-state index in [1.54, 1.807) is 7.11 Å². The number of hydrogen-bond acceptors (Lipinski definition) is 3. The first-order chi connectivity index (χ1) is 9.69. The van der Waals surface area contributed by atoms with E-state index < -0.39 is 0 Å². The fourth-order valence-corrected chi connectivity index (χ4v) is 2.04. The van der Waals surface area contributed by atoms with Crippen molar-refractivity contribution in [2.45, 2.75) is 19.4 Å². The van der Waals surface area contributed by atoms with E-state index in [0.717, 1.165) is 30.0 Å². The standard InChI is InChI=1S/C17H21NO2/c1-13(15-4-3-5-16(18)12-15)20-17-8-6-14(7-9-17)10-11-19-2/h3-9,12-13H,10-11,18H2,1-2H3. The second-order valence-electron chi connectivity index (χ2n) is 4.82. The number of benzene rings is 2. The van der Waals surface area contributed by atoms with Crippen molar-refractivity contribution in [1.29, 1.82) is 0 Å². The van der Waals surface area contributed by atoms with Gasteiger partial charge in [-0.2, -0.15) is 0 Å². The van der Waals surface area contributed by atoms with Crippen LogP contribution in [0.2, 0.25) is 0 Å². The molecule has 2 rings (SSSR count). The lowest BCUT2D eigenvalue weighted by molar-refractivity contribution is 0.202. The van der Waals surface area contributed by atoms with E-state index in [9.17, 15) is 0 Å². The predicted octanol–water partition coefficient (Wildman–Crippen LogP) is 3.60. The molecule has 1 unspecified atom stereocenters. The summed E-state index contributed by atoms with van der Waals surface area (Å²) in [7, 11) is 1.71. The highest BCUT2D eigenvalue weighted by Crippen LogP contribution is 2.23. The number of hydrogen-bond donors (Lipinski definition) is 1. The Hall–Kier alpha value is -2.00. The van der Waals surface area contributed by atoms with Crippen LogP contribution in [0.1, 0.15) is 24.2 Å². The van der Waals surface area contributed by atoms with Crippen LogP contribution in [0.3, 0.4) is 0 Å². The van der Waals surface area contributed by atoms with Gasteiger partial charge in [0.25, 0.3) is 0 Å². The first-order valence-corrected chi connectivity index (χ1v) is 6.79. The monoisotopic (exact) mass is 271 g/mol. The van der Waals surface area contributed by atoms with Crippen molar-refractivity contribution in [2.75, 3.05) is 19.5 Å². The van der Waals surface area contributed by atoms with E-state index in [-0.39, 0.29) is 6.10 Å². The molecule has 0 radical (unpaired) electrons. The van der Waals surface area contributed by atoms with Crippen LogP contribution in [0, 0.1) is 0 Å². The molecule has 20 heavy (non-hydrogen) atoms. The minimum absolute atomic E-state index is 0.0247. The molecule has 0 saturated carbocycles. The fraction of sp³-hybridized carbons (Fsp3) is 0.294. The molecule has 0 aliphatic heterocycles. The molecular weight excluding hydrogens is 250 g/mol. The van der Waals surface area contributed by atoms with Crippen molar-refractivity contribution in [2.24, 2.45) is 0 Å². The third-order valence-corrected chi connectivity index (χ3v) is 3.21. The van der Waals surface area contributed by atoms with Crippen molar-refractivity contribution >= 4 is 5.69 Å². The van der Waals surface area contributed by atoms with Gasteiger partial charge in [-0.15, -0.1) is 0 Å². The Kier molecular flexibility index (Phi) is 5.02. The minimum atomic E-state index is -0.0247. The average molecular weight is 271 g/mol. The molecule has 2 aromatic rings. The van der Waals surface area contributed by atoms with Gasteiger partial charge < -0.3 is 15.2 Å². The maximum Gasteiger partial charge on any atom is 0.121 e. The molecule has 1 atom stereocenters. The summed E-state index contributed by atoms with van der Waals surface area (Å²) in [5.74, 6) is 0.862. The molecule has 106 valence electrons. The van der Waals surface area contributed by atoms with Crippen LogP contribution in [-0.4, -0.2) is 13.7 Å². The van der Waals surface area contributed by atoms with Crippen molar-refractivity contribution in [3.05, 3.63) is 59.7 Å². The van der Waals surface area contributed by atoms with Gasteiger partial charge in [-0.05, 0) is 48.7 Å². The zero-order chi connectivity index (χ0) is 14.4. The molecule has 3 nitrogen and oxygen atoms in total. The number of anilines is 1. The summed E-state index contributed by atoms with van der Waals surface area (Å²) >= 11 is 0. The Balaban J connectivity index is 1.99. The molecule has 0 aromatic heterocycles. The molecule has 0 spiro atoms. The molecule has 0 amide bonds. The molecule has 0 bridgehead atoms. The van der Waals surface area contributed by atoms with Crippen molar-refractivity contribution < 1.29 is 9.47 Å². The van der Waals surface area contributed by atoms with E-state index in [0.29, 0.717) is 0 Å². The van der Waals surface area contributed by atoms with E-state index >= 15 is 0 Å². The molecule has 3 heteroatoms. The lowest BCUT2D eigenvalue weighted by atomic mass is 10.1. The first-order valence-electron chi connectivity index (χ1n) is 6.79. The highest BCUT2D eigenvalue weighted by atomic mass is 16.5. The van der Waals surface area contributed by atoms with Crippen molar-refractivity contribution in [3.63, 3.8) is 0 Å². The molecule has 0 aliphatic rings. The third-order valence-electron chi connectivity index (χ3n) is 3.21. The summed E-state index contributed by atoms with van der Waals surface area (Å²) in [6.45, 7) is 2.76. The number of rotatable bonds is 6. The fourth-order valence-electron chi connectivity index (χ4n) is 2.04. The Morgan fingerprint density at radius 2 is 1.85 bits per heavy atom. The van der Waals surface area contributed by atoms with Crippen LogP contribution in [0.5, 0.6) is 5.75 Å². The van der Waals surface area contributed by atoms with Gasteiger partial charge in [0.05, 0.1) is 6.61 Å². The van der Waals surface area contributed by atoms with Crippen molar-refractivity contribution in [1.82, 2.24) is 0 Å². The largest absolute Gasteiger partial charge is 0.486 e. The Labute approximate surface area is 120 Å². The van der Waals surface area contributed by atoms with Gasteiger partial charge >= 0.3 is 0 Å². The van der Waals surface area contributed by atoms with Gasteiger partial charge in [-0.3, -0.25) is 0 Å². The van der Waals surface area contributed by atoms with Crippen LogP contribution < -0.4 is 10.5 Å². The molecule has 2 N–H and O–H groups in total. The van der Waals surface area contributed by atoms with Gasteiger partial charge in [-0.25, -0.2) is 0 Å². The van der Waals surface area contributed by atoms with E-state index in [2.05, 4.69) is 12.1 Å². The highest BCUT2D eigenvalue weighted by molar-refractivity contribution is 5.41. The lowest BCUT2D eigenvalue weighted by Crippen LogP contribution is -2.03. The Morgan fingerprint density at radius 1 is 1.10 bits per heavy atom. The molecule has 2 aromatic carbocycles. The van der Waals surface area contributed by atoms with E-state index in [1.165, 1.54) is 5.56 Å². The zero-order valence-corrected chi connectivity index (χ0v) is 12.0. The maximum atomic E-state index is 5.93. The van der Waals surface area contributed by atoms with Crippen LogP contribution >= 0.6 is 0 Å². The molecule has 0 saturated heterocycles. The lowest BCUT2D eigenvalue weighted by Gasteiger charge is -2.15. The summed E-state index contributed by atoms with van der Waals surface area (Å²) in [6, 6.07) is 15.9. The maximum absolute atomic E-state index is 5.93. The van der Waals surface area contributed by atoms with Crippen molar-refractivity contribution in [3.8, 4) is 5.75 Å². The van der Waals surface area contributed by atoms with Gasteiger partial charge in [-0.1, -0.05) is 24.3 Å². The minimum Gasteiger partial charge on any atom is -0.486 e. The number of nitrogens with two attached hydrogens (primary N) is 1. The molecule has 0 heterocycles. The molecule has 0 fully saturated rings. The van der Waals surface area contributed by atoms with Crippen LogP contribution in [-0.2, 0) is 11.2 Å². The molecular formula is C17H21NO2. The smallest absolute Gasteiger partial charge is 0.121 e. The normalized spacial score (nSPS) is 12.1. The summed E-state index contributed by atoms with van der Waals surface area (Å²) in [5, 5.41) is 0. The number of ether oxygens (including phenoxy) is 2. The Morgan fingerprint density at radius 3 is 2.50 bits per heavy atom. The highest BCUT2D eigenvalue weighted by Gasteiger charge is 2.07. The zero-order valence-electron chi connectivity index (χ0n) is 12.0. The van der Waals surface area contributed by atoms with Gasteiger partial charge in [0, 0.05) is 12.8 Å². The number of nitrogen functional groups attached to an aromatic ring is 1. The second kappa shape index (κ2) is 6.96. The first kappa shape index (κ1) is 14.4. The Bertz CT molecular complexity index is 537. The summed E-state index contributed by atoms with van der Waals surface area (Å²) in [6.07, 6.45) is 0.894. The number of methoxy groups -OCH3 is 1. The van der Waals surface area contributed by atoms with Crippen LogP contribution in [0.15, 0.2) is 48.5 Å². The van der Waals surface area contributed by atoms with E-state index in [4.69, 9.17) is 15.2 Å². The third kappa shape index (κ3) is 4.00. The summed E-state index contributed by atoms with van der Waals surface area (Å²) < 4.78 is 11.0. The van der Waals surface area contributed by atoms with Crippen LogP contribution in [0.25, 0.3) is 0 Å². The van der Waals surface area contributed by atoms with Crippen LogP contribution in [0.4, 0.5) is 5.69 Å². The molecule has 0 aliphatic carbocycles. The second-order valence-corrected chi connectivity index (χ2v) is 4.82. The summed E-state index contributed by atoms with van der Waals surface area (Å²) in [5.41, 5.74) is 8.87.